The van der Waals surface area contributed by atoms with E-state index in [0.29, 0.717) is 0 Å². The summed E-state index contributed by atoms with van der Waals surface area (Å²) in [5, 5.41) is 44.2. The molecule has 0 aliphatic carbocycles. The van der Waals surface area contributed by atoms with E-state index >= 15 is 0 Å². The molecule has 2 aromatic carbocycles. The standard InChI is InChI=1S/C46H78O4/c1-4-7-10-13-16-19-22-25-28-31-38-34-41(45(49)36-43(38)47)40(33-30-27-24-21-18-15-12-9-6-3)42-35-39(44(48)37-46(42)50)32-29-26-23-20-17-14-11-8-5-2/h34-37,40,47-50H,4-33H2,1-3H3. The molecular weight excluding hydrogens is 617 g/mol. The van der Waals surface area contributed by atoms with Gasteiger partial charge in [-0.05, 0) is 55.4 Å². The number of rotatable bonds is 32. The van der Waals surface area contributed by atoms with Crippen molar-refractivity contribution in [3.63, 3.8) is 0 Å². The van der Waals surface area contributed by atoms with Gasteiger partial charge in [-0.25, -0.2) is 0 Å². The molecule has 0 atom stereocenters. The molecular formula is C46H78O4. The molecule has 0 aliphatic rings. The molecule has 50 heavy (non-hydrogen) atoms. The van der Waals surface area contributed by atoms with E-state index in [1.54, 1.807) is 0 Å². The van der Waals surface area contributed by atoms with Gasteiger partial charge in [0.05, 0.1) is 0 Å². The van der Waals surface area contributed by atoms with Crippen LogP contribution in [0.5, 0.6) is 23.0 Å². The van der Waals surface area contributed by atoms with Gasteiger partial charge in [-0.15, -0.1) is 0 Å². The normalized spacial score (nSPS) is 11.6. The van der Waals surface area contributed by atoms with Gasteiger partial charge < -0.3 is 20.4 Å². The maximum absolute atomic E-state index is 11.2. The number of aromatic hydroxyl groups is 4. The number of hydrogen-bond acceptors (Lipinski definition) is 4. The molecule has 0 radical (unpaired) electrons. The summed E-state index contributed by atoms with van der Waals surface area (Å²) in [6.45, 7) is 6.77. The third kappa shape index (κ3) is 18.2. The topological polar surface area (TPSA) is 80.9 Å². The smallest absolute Gasteiger partial charge is 0.123 e. The minimum atomic E-state index is -0.204. The Morgan fingerprint density at radius 2 is 0.620 bits per heavy atom. The van der Waals surface area contributed by atoms with Gasteiger partial charge in [-0.1, -0.05) is 181 Å². The van der Waals surface area contributed by atoms with E-state index < -0.39 is 0 Å². The second-order valence-corrected chi connectivity index (χ2v) is 15.4. The number of benzene rings is 2. The van der Waals surface area contributed by atoms with Gasteiger partial charge in [0.2, 0.25) is 0 Å². The Labute approximate surface area is 308 Å². The molecule has 0 amide bonds. The Morgan fingerprint density at radius 3 is 0.940 bits per heavy atom. The summed E-state index contributed by atoms with van der Waals surface area (Å²) in [5.41, 5.74) is 3.32. The Balaban J connectivity index is 2.12. The fraction of sp³-hybridized carbons (Fsp3) is 0.739. The van der Waals surface area contributed by atoms with Gasteiger partial charge in [0.15, 0.2) is 0 Å². The van der Waals surface area contributed by atoms with E-state index in [4.69, 9.17) is 0 Å². The zero-order valence-electron chi connectivity index (χ0n) is 32.9. The van der Waals surface area contributed by atoms with Crippen LogP contribution < -0.4 is 0 Å². The average Bonchev–Trinajstić information content (AvgIpc) is 3.10. The van der Waals surface area contributed by atoms with Crippen LogP contribution in [0.25, 0.3) is 0 Å². The number of aryl methyl sites for hydroxylation is 2. The van der Waals surface area contributed by atoms with Gasteiger partial charge in [0.25, 0.3) is 0 Å². The van der Waals surface area contributed by atoms with Crippen molar-refractivity contribution in [3.05, 3.63) is 46.5 Å². The predicted octanol–water partition coefficient (Wildman–Crippen LogP) is 14.7. The highest BCUT2D eigenvalue weighted by Gasteiger charge is 2.24. The second kappa shape index (κ2) is 28.3. The highest BCUT2D eigenvalue weighted by Crippen LogP contribution is 2.44. The molecule has 0 saturated carbocycles. The summed E-state index contributed by atoms with van der Waals surface area (Å²) in [7, 11) is 0. The van der Waals surface area contributed by atoms with Crippen LogP contribution in [0.1, 0.15) is 229 Å². The van der Waals surface area contributed by atoms with Gasteiger partial charge in [0, 0.05) is 29.2 Å². The molecule has 0 fully saturated rings. The van der Waals surface area contributed by atoms with Crippen molar-refractivity contribution >= 4 is 0 Å². The largest absolute Gasteiger partial charge is 0.508 e. The summed E-state index contributed by atoms with van der Waals surface area (Å²) < 4.78 is 0. The highest BCUT2D eigenvalue weighted by molar-refractivity contribution is 5.54. The SMILES string of the molecule is CCCCCCCCCCCc1cc(C(CCCCCCCCCCC)c2cc(CCCCCCCCCCC)c(O)cc2O)c(O)cc1O. The maximum Gasteiger partial charge on any atom is 0.123 e. The second-order valence-electron chi connectivity index (χ2n) is 15.4. The van der Waals surface area contributed by atoms with Gasteiger partial charge in [-0.3, -0.25) is 0 Å². The molecule has 0 aliphatic heterocycles. The third-order valence-electron chi connectivity index (χ3n) is 10.9. The van der Waals surface area contributed by atoms with E-state index in [1.165, 1.54) is 147 Å². The first kappa shape index (κ1) is 43.8. The zero-order chi connectivity index (χ0) is 36.2. The first-order valence-corrected chi connectivity index (χ1v) is 21.5. The van der Waals surface area contributed by atoms with Gasteiger partial charge in [-0.2, -0.15) is 0 Å². The van der Waals surface area contributed by atoms with E-state index in [2.05, 4.69) is 20.8 Å². The van der Waals surface area contributed by atoms with Crippen molar-refractivity contribution in [2.45, 2.75) is 219 Å². The summed E-state index contributed by atoms with van der Waals surface area (Å²) in [4.78, 5) is 0. The minimum absolute atomic E-state index is 0.0900. The molecule has 0 spiro atoms. The van der Waals surface area contributed by atoms with Crippen LogP contribution in [-0.4, -0.2) is 20.4 Å². The minimum Gasteiger partial charge on any atom is -0.508 e. The molecule has 4 nitrogen and oxygen atoms in total. The highest BCUT2D eigenvalue weighted by atomic mass is 16.3. The summed E-state index contributed by atoms with van der Waals surface area (Å²) in [6.07, 6.45) is 36.1. The molecule has 0 bridgehead atoms. The first-order valence-electron chi connectivity index (χ1n) is 21.5. The van der Waals surface area contributed by atoms with E-state index in [-0.39, 0.29) is 28.9 Å². The maximum atomic E-state index is 11.2. The van der Waals surface area contributed by atoms with Gasteiger partial charge >= 0.3 is 0 Å². The Kier molecular flexibility index (Phi) is 24.8. The molecule has 0 unspecified atom stereocenters. The number of phenolic OH excluding ortho intramolecular Hbond substituents is 4. The van der Waals surface area contributed by atoms with Gasteiger partial charge in [0.1, 0.15) is 23.0 Å². The number of hydrogen-bond donors (Lipinski definition) is 4. The van der Waals surface area contributed by atoms with Crippen LogP contribution in [0.4, 0.5) is 0 Å². The monoisotopic (exact) mass is 695 g/mol. The van der Waals surface area contributed by atoms with E-state index in [1.807, 2.05) is 12.1 Å². The Hall–Kier alpha value is -2.36. The third-order valence-corrected chi connectivity index (χ3v) is 10.9. The van der Waals surface area contributed by atoms with Crippen LogP contribution in [-0.2, 0) is 12.8 Å². The van der Waals surface area contributed by atoms with E-state index in [9.17, 15) is 20.4 Å². The summed E-state index contributed by atoms with van der Waals surface area (Å²) in [5.74, 6) is 0.297. The lowest BCUT2D eigenvalue weighted by atomic mass is 9.83. The lowest BCUT2D eigenvalue weighted by Gasteiger charge is -2.23. The summed E-state index contributed by atoms with van der Waals surface area (Å²) in [6, 6.07) is 7.03. The first-order chi connectivity index (χ1) is 24.4. The quantitative estimate of drug-likeness (QED) is 0.0575. The van der Waals surface area contributed by atoms with Crippen LogP contribution in [0.3, 0.4) is 0 Å². The molecule has 2 aromatic rings. The molecule has 286 valence electrons. The number of unbranched alkanes of at least 4 members (excludes halogenated alkanes) is 24. The molecule has 0 saturated heterocycles. The van der Waals surface area contributed by atoms with Crippen molar-refractivity contribution in [1.29, 1.82) is 0 Å². The van der Waals surface area contributed by atoms with Crippen LogP contribution in [0.2, 0.25) is 0 Å². The van der Waals surface area contributed by atoms with Crippen molar-refractivity contribution in [3.8, 4) is 23.0 Å². The fourth-order valence-corrected chi connectivity index (χ4v) is 7.63. The van der Waals surface area contributed by atoms with Crippen molar-refractivity contribution < 1.29 is 20.4 Å². The summed E-state index contributed by atoms with van der Waals surface area (Å²) >= 11 is 0. The van der Waals surface area contributed by atoms with E-state index in [0.717, 1.165) is 80.0 Å². The average molecular weight is 695 g/mol. The fourth-order valence-electron chi connectivity index (χ4n) is 7.63. The van der Waals surface area contributed by atoms with Crippen LogP contribution >= 0.6 is 0 Å². The predicted molar refractivity (Wildman–Crippen MR) is 215 cm³/mol. The number of phenols is 4. The van der Waals surface area contributed by atoms with Crippen molar-refractivity contribution in [2.75, 3.05) is 0 Å². The molecule has 0 aromatic heterocycles. The van der Waals surface area contributed by atoms with Crippen LogP contribution in [0.15, 0.2) is 24.3 Å². The van der Waals surface area contributed by atoms with Crippen molar-refractivity contribution in [1.82, 2.24) is 0 Å². The molecule has 4 heteroatoms. The van der Waals surface area contributed by atoms with Crippen molar-refractivity contribution in [2.24, 2.45) is 0 Å². The Bertz CT molecular complexity index is 1050. The molecule has 2 rings (SSSR count). The Morgan fingerprint density at radius 1 is 0.340 bits per heavy atom. The lowest BCUT2D eigenvalue weighted by molar-refractivity contribution is 0.427. The lowest BCUT2D eigenvalue weighted by Crippen LogP contribution is -2.05. The molecule has 0 heterocycles. The van der Waals surface area contributed by atoms with Crippen LogP contribution in [0, 0.1) is 0 Å². The zero-order valence-corrected chi connectivity index (χ0v) is 32.9. The molecule has 4 N–H and O–H groups in total.